The Labute approximate surface area is 193 Å². The van der Waals surface area contributed by atoms with Gasteiger partial charge in [-0.2, -0.15) is 0 Å². The van der Waals surface area contributed by atoms with Gasteiger partial charge in [-0.15, -0.1) is 0 Å². The number of amides is 1. The number of aromatic nitrogens is 1. The molecule has 0 radical (unpaired) electrons. The highest BCUT2D eigenvalue weighted by Gasteiger charge is 2.19. The van der Waals surface area contributed by atoms with Crippen molar-refractivity contribution >= 4 is 11.6 Å². The van der Waals surface area contributed by atoms with E-state index < -0.39 is 11.6 Å². The third-order valence-corrected chi connectivity index (χ3v) is 6.43. The maximum absolute atomic E-state index is 13.5. The predicted octanol–water partition coefficient (Wildman–Crippen LogP) is 4.22. The van der Waals surface area contributed by atoms with Gasteiger partial charge in [0.2, 0.25) is 0 Å². The van der Waals surface area contributed by atoms with Crippen LogP contribution in [0.25, 0.3) is 11.3 Å². The van der Waals surface area contributed by atoms with E-state index >= 15 is 0 Å². The van der Waals surface area contributed by atoms with Gasteiger partial charge in [-0.05, 0) is 43.7 Å². The van der Waals surface area contributed by atoms with E-state index in [2.05, 4.69) is 19.7 Å². The Morgan fingerprint density at radius 1 is 0.970 bits per heavy atom. The molecule has 7 heteroatoms. The lowest BCUT2D eigenvalue weighted by molar-refractivity contribution is 0.0950. The zero-order valence-corrected chi connectivity index (χ0v) is 19.2. The molecule has 2 heterocycles. The normalized spacial score (nSPS) is 14.5. The molecule has 0 bridgehead atoms. The van der Waals surface area contributed by atoms with Crippen molar-refractivity contribution in [2.75, 3.05) is 44.2 Å². The molecule has 1 aliphatic rings. The Kier molecular flexibility index (Phi) is 7.08. The van der Waals surface area contributed by atoms with Gasteiger partial charge in [0.15, 0.2) is 11.6 Å². The lowest BCUT2D eigenvalue weighted by atomic mass is 10.1. The molecule has 0 spiro atoms. The van der Waals surface area contributed by atoms with Crippen molar-refractivity contribution in [3.63, 3.8) is 0 Å². The van der Waals surface area contributed by atoms with Crippen molar-refractivity contribution in [3.8, 4) is 11.3 Å². The summed E-state index contributed by atoms with van der Waals surface area (Å²) in [6, 6.07) is 16.1. The van der Waals surface area contributed by atoms with Crippen LogP contribution in [0, 0.1) is 18.6 Å². The number of nitrogens with zero attached hydrogens (tertiary/aromatic N) is 3. The standard InChI is InChI=1S/C26H30F2N4O/c1-19-22(18-25(30(19)2)20-7-4-3-5-8-20)26(33)29-11-6-12-31-13-15-32(16-14-31)21-9-10-23(27)24(28)17-21/h3-5,7-10,17-18H,6,11-16H2,1-2H3,(H,29,33). The summed E-state index contributed by atoms with van der Waals surface area (Å²) in [7, 11) is 1.98. The monoisotopic (exact) mass is 452 g/mol. The van der Waals surface area contributed by atoms with Gasteiger partial charge in [-0.3, -0.25) is 9.69 Å². The van der Waals surface area contributed by atoms with E-state index in [4.69, 9.17) is 0 Å². The highest BCUT2D eigenvalue weighted by molar-refractivity contribution is 5.97. The summed E-state index contributed by atoms with van der Waals surface area (Å²) in [5.41, 5.74) is 4.48. The Morgan fingerprint density at radius 3 is 2.39 bits per heavy atom. The third-order valence-electron chi connectivity index (χ3n) is 6.43. The van der Waals surface area contributed by atoms with Crippen molar-refractivity contribution in [3.05, 3.63) is 77.5 Å². The zero-order chi connectivity index (χ0) is 23.4. The second-order valence-corrected chi connectivity index (χ2v) is 8.49. The fourth-order valence-corrected chi connectivity index (χ4v) is 4.33. The molecule has 174 valence electrons. The maximum Gasteiger partial charge on any atom is 0.253 e. The summed E-state index contributed by atoms with van der Waals surface area (Å²) in [4.78, 5) is 17.2. The first-order valence-electron chi connectivity index (χ1n) is 11.4. The molecular formula is C26H30F2N4O. The molecule has 0 aliphatic carbocycles. The molecule has 4 rings (SSSR count). The van der Waals surface area contributed by atoms with Gasteiger partial charge in [0.1, 0.15) is 0 Å². The number of carbonyl (C=O) groups is 1. The molecule has 1 aromatic heterocycles. The number of halogens is 2. The highest BCUT2D eigenvalue weighted by atomic mass is 19.2. The molecule has 0 unspecified atom stereocenters. The molecule has 1 saturated heterocycles. The minimum absolute atomic E-state index is 0.0477. The molecule has 1 N–H and O–H groups in total. The first-order valence-corrected chi connectivity index (χ1v) is 11.4. The SMILES string of the molecule is Cc1c(C(=O)NCCCN2CCN(c3ccc(F)c(F)c3)CC2)cc(-c2ccccc2)n1C. The van der Waals surface area contributed by atoms with Crippen molar-refractivity contribution in [2.45, 2.75) is 13.3 Å². The Bertz CT molecular complexity index is 1100. The number of hydrogen-bond donors (Lipinski definition) is 1. The number of nitrogens with one attached hydrogen (secondary N) is 1. The fraction of sp³-hybridized carbons (Fsp3) is 0.346. The van der Waals surface area contributed by atoms with Crippen LogP contribution in [0.4, 0.5) is 14.5 Å². The Morgan fingerprint density at radius 2 is 1.70 bits per heavy atom. The number of hydrogen-bond acceptors (Lipinski definition) is 3. The Balaban J connectivity index is 1.23. The van der Waals surface area contributed by atoms with Gasteiger partial charge in [-0.25, -0.2) is 8.78 Å². The van der Waals surface area contributed by atoms with Crippen molar-refractivity contribution in [2.24, 2.45) is 7.05 Å². The van der Waals surface area contributed by atoms with E-state index in [1.54, 1.807) is 6.07 Å². The van der Waals surface area contributed by atoms with Gasteiger partial charge in [0.25, 0.3) is 5.91 Å². The van der Waals surface area contributed by atoms with Gasteiger partial charge in [0, 0.05) is 62.9 Å². The van der Waals surface area contributed by atoms with Crippen LogP contribution in [0.15, 0.2) is 54.6 Å². The minimum Gasteiger partial charge on any atom is -0.369 e. The first-order chi connectivity index (χ1) is 15.9. The van der Waals surface area contributed by atoms with Gasteiger partial charge < -0.3 is 14.8 Å². The molecule has 2 aromatic carbocycles. The van der Waals surface area contributed by atoms with Crippen LogP contribution < -0.4 is 10.2 Å². The first kappa shape index (κ1) is 23.0. The van der Waals surface area contributed by atoms with Crippen LogP contribution in [-0.4, -0.2) is 54.6 Å². The van der Waals surface area contributed by atoms with Crippen molar-refractivity contribution in [1.82, 2.24) is 14.8 Å². The minimum atomic E-state index is -0.818. The van der Waals surface area contributed by atoms with Crippen LogP contribution in [-0.2, 0) is 7.05 Å². The average Bonchev–Trinajstić information content (AvgIpc) is 3.14. The van der Waals surface area contributed by atoms with Crippen LogP contribution in [0.3, 0.4) is 0 Å². The Hall–Kier alpha value is -3.19. The lowest BCUT2D eigenvalue weighted by Crippen LogP contribution is -2.47. The average molecular weight is 453 g/mol. The van der Waals surface area contributed by atoms with Crippen molar-refractivity contribution < 1.29 is 13.6 Å². The summed E-state index contributed by atoms with van der Waals surface area (Å²) < 4.78 is 28.7. The van der Waals surface area contributed by atoms with Crippen LogP contribution in [0.1, 0.15) is 22.5 Å². The summed E-state index contributed by atoms with van der Waals surface area (Å²) >= 11 is 0. The quantitative estimate of drug-likeness (QED) is 0.546. The third kappa shape index (κ3) is 5.25. The number of benzene rings is 2. The lowest BCUT2D eigenvalue weighted by Gasteiger charge is -2.36. The van der Waals surface area contributed by atoms with E-state index in [0.717, 1.165) is 56.1 Å². The van der Waals surface area contributed by atoms with Gasteiger partial charge in [0.05, 0.1) is 5.56 Å². The van der Waals surface area contributed by atoms with Gasteiger partial charge in [-0.1, -0.05) is 30.3 Å². The molecule has 5 nitrogen and oxygen atoms in total. The van der Waals surface area contributed by atoms with E-state index in [1.165, 1.54) is 12.1 Å². The highest BCUT2D eigenvalue weighted by Crippen LogP contribution is 2.24. The smallest absolute Gasteiger partial charge is 0.253 e. The molecule has 0 atom stereocenters. The van der Waals surface area contributed by atoms with E-state index in [1.807, 2.05) is 50.4 Å². The zero-order valence-electron chi connectivity index (χ0n) is 19.2. The maximum atomic E-state index is 13.5. The second-order valence-electron chi connectivity index (χ2n) is 8.49. The molecular weight excluding hydrogens is 422 g/mol. The molecule has 1 amide bonds. The summed E-state index contributed by atoms with van der Waals surface area (Å²) in [5.74, 6) is -1.68. The number of rotatable bonds is 7. The van der Waals surface area contributed by atoms with E-state index in [0.29, 0.717) is 17.8 Å². The van der Waals surface area contributed by atoms with Gasteiger partial charge >= 0.3 is 0 Å². The number of piperazine rings is 1. The number of anilines is 1. The summed E-state index contributed by atoms with van der Waals surface area (Å²) in [6.45, 7) is 6.70. The molecule has 33 heavy (non-hydrogen) atoms. The summed E-state index contributed by atoms with van der Waals surface area (Å²) in [5, 5.41) is 3.05. The fourth-order valence-electron chi connectivity index (χ4n) is 4.33. The van der Waals surface area contributed by atoms with E-state index in [-0.39, 0.29) is 5.91 Å². The van der Waals surface area contributed by atoms with Crippen LogP contribution in [0.2, 0.25) is 0 Å². The second kappa shape index (κ2) is 10.2. The van der Waals surface area contributed by atoms with Crippen molar-refractivity contribution in [1.29, 1.82) is 0 Å². The predicted molar refractivity (Wildman–Crippen MR) is 128 cm³/mol. The van der Waals surface area contributed by atoms with Crippen LogP contribution >= 0.6 is 0 Å². The largest absolute Gasteiger partial charge is 0.369 e. The molecule has 3 aromatic rings. The van der Waals surface area contributed by atoms with E-state index in [9.17, 15) is 13.6 Å². The molecule has 0 saturated carbocycles. The molecule has 1 aliphatic heterocycles. The van der Waals surface area contributed by atoms with Crippen LogP contribution in [0.5, 0.6) is 0 Å². The topological polar surface area (TPSA) is 40.5 Å². The number of carbonyl (C=O) groups excluding carboxylic acids is 1. The summed E-state index contributed by atoms with van der Waals surface area (Å²) in [6.07, 6.45) is 0.855. The molecule has 1 fully saturated rings.